The van der Waals surface area contributed by atoms with Crippen molar-refractivity contribution in [3.8, 4) is 0 Å². The van der Waals surface area contributed by atoms with Gasteiger partial charge in [-0.25, -0.2) is 9.97 Å². The van der Waals surface area contributed by atoms with E-state index in [9.17, 15) is 9.00 Å². The van der Waals surface area contributed by atoms with Gasteiger partial charge in [-0.3, -0.25) is 13.6 Å². The van der Waals surface area contributed by atoms with Gasteiger partial charge in [-0.2, -0.15) is 0 Å². The lowest BCUT2D eigenvalue weighted by molar-refractivity contribution is 0.511. The molecule has 1 aliphatic rings. The second-order valence-electron chi connectivity index (χ2n) is 6.97. The fraction of sp³-hybridized carbons (Fsp3) is 0.350. The summed E-state index contributed by atoms with van der Waals surface area (Å²) in [4.78, 5) is 22.0. The predicted octanol–water partition coefficient (Wildman–Crippen LogP) is 3.89. The fourth-order valence-electron chi connectivity index (χ4n) is 3.75. The molecule has 7 heteroatoms. The summed E-state index contributed by atoms with van der Waals surface area (Å²) in [6.45, 7) is 0. The molecular weight excluding hydrogens is 382 g/mol. The monoisotopic (exact) mass is 401 g/mol. The second kappa shape index (κ2) is 7.52. The first kappa shape index (κ1) is 18.3. The number of rotatable bonds is 4. The van der Waals surface area contributed by atoms with Gasteiger partial charge < -0.3 is 0 Å². The third-order valence-corrected chi connectivity index (χ3v) is 6.04. The van der Waals surface area contributed by atoms with Crippen LogP contribution in [0.1, 0.15) is 42.9 Å². The van der Waals surface area contributed by atoms with E-state index in [0.717, 1.165) is 36.6 Å². The number of benzene rings is 1. The van der Waals surface area contributed by atoms with Crippen LogP contribution in [-0.4, -0.2) is 25.0 Å². The Morgan fingerprint density at radius 1 is 1.22 bits per heavy atom. The minimum Gasteiger partial charge on any atom is -0.289 e. The maximum atomic E-state index is 13.3. The molecule has 0 spiro atoms. The minimum absolute atomic E-state index is 0.0177. The molecule has 1 unspecified atom stereocenters. The summed E-state index contributed by atoms with van der Waals surface area (Å²) in [7, 11) is -1.29. The van der Waals surface area contributed by atoms with Crippen LogP contribution in [-0.2, 0) is 17.2 Å². The summed E-state index contributed by atoms with van der Waals surface area (Å²) in [6, 6.07) is 9.54. The maximum Gasteiger partial charge on any atom is 0.256 e. The van der Waals surface area contributed by atoms with Crippen molar-refractivity contribution in [2.45, 2.75) is 43.3 Å². The number of hydrogen-bond acceptors (Lipinski definition) is 4. The lowest BCUT2D eigenvalue weighted by Gasteiger charge is -2.18. The first-order chi connectivity index (χ1) is 13.0. The minimum atomic E-state index is -1.29. The van der Waals surface area contributed by atoms with Gasteiger partial charge in [0.1, 0.15) is 5.65 Å². The molecule has 0 N–H and O–H groups in total. The van der Waals surface area contributed by atoms with Gasteiger partial charge in [-0.05, 0) is 36.6 Å². The van der Waals surface area contributed by atoms with Crippen molar-refractivity contribution in [2.24, 2.45) is 0 Å². The van der Waals surface area contributed by atoms with E-state index in [-0.39, 0.29) is 16.8 Å². The van der Waals surface area contributed by atoms with Crippen LogP contribution < -0.4 is 5.56 Å². The predicted molar refractivity (Wildman–Crippen MR) is 108 cm³/mol. The molecule has 0 radical (unpaired) electrons. The van der Waals surface area contributed by atoms with Crippen LogP contribution >= 0.6 is 11.6 Å². The van der Waals surface area contributed by atoms with Crippen molar-refractivity contribution in [1.82, 2.24) is 14.5 Å². The van der Waals surface area contributed by atoms with Gasteiger partial charge in [0.2, 0.25) is 5.16 Å². The summed E-state index contributed by atoms with van der Waals surface area (Å²) in [5, 5.41) is 1.74. The number of pyridine rings is 1. The molecule has 0 amide bonds. The van der Waals surface area contributed by atoms with E-state index in [4.69, 9.17) is 11.6 Å². The van der Waals surface area contributed by atoms with Gasteiger partial charge in [0.15, 0.2) is 0 Å². The van der Waals surface area contributed by atoms with Crippen LogP contribution in [0.5, 0.6) is 0 Å². The molecule has 1 saturated carbocycles. The Morgan fingerprint density at radius 3 is 2.59 bits per heavy atom. The van der Waals surface area contributed by atoms with Gasteiger partial charge in [-0.1, -0.05) is 36.6 Å². The van der Waals surface area contributed by atoms with E-state index in [1.807, 2.05) is 34.9 Å². The number of nitrogens with zero attached hydrogens (tertiary/aromatic N) is 3. The van der Waals surface area contributed by atoms with Crippen LogP contribution in [0.4, 0.5) is 0 Å². The van der Waals surface area contributed by atoms with E-state index in [1.165, 1.54) is 0 Å². The van der Waals surface area contributed by atoms with Gasteiger partial charge in [0, 0.05) is 40.9 Å². The quantitative estimate of drug-likeness (QED) is 0.622. The Kier molecular flexibility index (Phi) is 5.10. The molecule has 1 fully saturated rings. The highest BCUT2D eigenvalue weighted by molar-refractivity contribution is 7.84. The van der Waals surface area contributed by atoms with Gasteiger partial charge in [0.05, 0.1) is 10.8 Å². The van der Waals surface area contributed by atoms with Gasteiger partial charge in [0.25, 0.3) is 5.56 Å². The van der Waals surface area contributed by atoms with Crippen LogP contribution in [0.15, 0.2) is 46.5 Å². The number of aromatic nitrogens is 3. The van der Waals surface area contributed by atoms with Crippen LogP contribution in [0.25, 0.3) is 11.0 Å². The Hall–Kier alpha value is -2.05. The molecule has 4 rings (SSSR count). The van der Waals surface area contributed by atoms with Crippen molar-refractivity contribution >= 4 is 33.4 Å². The van der Waals surface area contributed by atoms with E-state index in [2.05, 4.69) is 9.97 Å². The summed E-state index contributed by atoms with van der Waals surface area (Å²) >= 11 is 5.97. The fourth-order valence-corrected chi connectivity index (χ4v) is 4.29. The summed E-state index contributed by atoms with van der Waals surface area (Å²) in [5.41, 5.74) is 2.31. The SMILES string of the molecule is CS(=O)c1ncc2cc(Cc3ccc(Cl)cc3)c(=O)n(C3CCCC3)c2n1. The molecule has 5 nitrogen and oxygen atoms in total. The van der Waals surface area contributed by atoms with Gasteiger partial charge >= 0.3 is 0 Å². The molecular formula is C20H20ClN3O2S. The normalized spacial score (nSPS) is 16.1. The lowest BCUT2D eigenvalue weighted by atomic mass is 10.0. The highest BCUT2D eigenvalue weighted by atomic mass is 35.5. The second-order valence-corrected chi connectivity index (χ2v) is 8.68. The summed E-state index contributed by atoms with van der Waals surface area (Å²) < 4.78 is 13.6. The third kappa shape index (κ3) is 3.69. The smallest absolute Gasteiger partial charge is 0.256 e. The van der Waals surface area contributed by atoms with E-state index >= 15 is 0 Å². The largest absolute Gasteiger partial charge is 0.289 e. The summed E-state index contributed by atoms with van der Waals surface area (Å²) in [6.07, 6.45) is 7.90. The Morgan fingerprint density at radius 2 is 1.93 bits per heavy atom. The Balaban J connectivity index is 1.88. The number of halogens is 1. The molecule has 0 aliphatic heterocycles. The zero-order chi connectivity index (χ0) is 19.0. The molecule has 1 aliphatic carbocycles. The Bertz CT molecular complexity index is 1070. The van der Waals surface area contributed by atoms with Crippen LogP contribution in [0, 0.1) is 0 Å². The molecule has 1 atom stereocenters. The van der Waals surface area contributed by atoms with Crippen molar-refractivity contribution in [3.63, 3.8) is 0 Å². The van der Waals surface area contributed by atoms with E-state index in [0.29, 0.717) is 22.7 Å². The topological polar surface area (TPSA) is 64.8 Å². The number of fused-ring (bicyclic) bond motifs is 1. The average Bonchev–Trinajstić information content (AvgIpc) is 3.18. The average molecular weight is 402 g/mol. The molecule has 0 saturated heterocycles. The molecule has 0 bridgehead atoms. The first-order valence-corrected chi connectivity index (χ1v) is 11.0. The standard InChI is InChI=1S/C20H20ClN3O2S/c1-27(26)20-22-12-15-11-14(10-13-6-8-16(21)9-7-13)19(25)24(18(15)23-20)17-4-2-3-5-17/h6-9,11-12,17H,2-5,10H2,1H3. The highest BCUT2D eigenvalue weighted by Gasteiger charge is 2.23. The molecule has 27 heavy (non-hydrogen) atoms. The van der Waals surface area contributed by atoms with E-state index < -0.39 is 10.8 Å². The first-order valence-electron chi connectivity index (χ1n) is 9.02. The molecule has 1 aromatic carbocycles. The van der Waals surface area contributed by atoms with Gasteiger partial charge in [-0.15, -0.1) is 0 Å². The zero-order valence-electron chi connectivity index (χ0n) is 15.0. The van der Waals surface area contributed by atoms with Crippen molar-refractivity contribution in [1.29, 1.82) is 0 Å². The molecule has 3 aromatic rings. The van der Waals surface area contributed by atoms with Crippen LogP contribution in [0.2, 0.25) is 5.02 Å². The van der Waals surface area contributed by atoms with E-state index in [1.54, 1.807) is 12.5 Å². The third-order valence-electron chi connectivity index (χ3n) is 5.08. The zero-order valence-corrected chi connectivity index (χ0v) is 16.6. The highest BCUT2D eigenvalue weighted by Crippen LogP contribution is 2.30. The maximum absolute atomic E-state index is 13.3. The van der Waals surface area contributed by atoms with Crippen molar-refractivity contribution in [3.05, 3.63) is 63.0 Å². The lowest BCUT2D eigenvalue weighted by Crippen LogP contribution is -2.28. The molecule has 140 valence electrons. The van der Waals surface area contributed by atoms with Crippen molar-refractivity contribution < 1.29 is 4.21 Å². The number of hydrogen-bond donors (Lipinski definition) is 0. The van der Waals surface area contributed by atoms with Crippen LogP contribution in [0.3, 0.4) is 0 Å². The summed E-state index contributed by atoms with van der Waals surface area (Å²) in [5.74, 6) is 0. The molecule has 2 heterocycles. The van der Waals surface area contributed by atoms with Crippen molar-refractivity contribution in [2.75, 3.05) is 6.26 Å². The Labute approximate surface area is 164 Å². The molecule has 2 aromatic heterocycles.